The molecule has 0 bridgehead atoms. The molecule has 1 aliphatic heterocycles. The maximum absolute atomic E-state index is 10.2. The number of aromatic nitrogens is 1. The van der Waals surface area contributed by atoms with Crippen molar-refractivity contribution in [1.82, 2.24) is 4.98 Å². The predicted octanol–water partition coefficient (Wildman–Crippen LogP) is 2.90. The molecule has 1 aliphatic rings. The highest BCUT2D eigenvalue weighted by Crippen LogP contribution is 2.24. The van der Waals surface area contributed by atoms with Crippen LogP contribution in [-0.2, 0) is 4.74 Å². The average Bonchev–Trinajstić information content (AvgIpc) is 2.46. The first-order chi connectivity index (χ1) is 8.77. The molecule has 3 nitrogen and oxygen atoms in total. The van der Waals surface area contributed by atoms with Crippen molar-refractivity contribution in [3.63, 3.8) is 0 Å². The first-order valence-electron chi connectivity index (χ1n) is 6.97. The summed E-state index contributed by atoms with van der Waals surface area (Å²) in [6.07, 6.45) is 9.01. The van der Waals surface area contributed by atoms with Crippen molar-refractivity contribution in [1.29, 1.82) is 0 Å². The van der Waals surface area contributed by atoms with E-state index < -0.39 is 0 Å². The van der Waals surface area contributed by atoms with E-state index in [1.807, 2.05) is 12.1 Å². The van der Waals surface area contributed by atoms with Crippen molar-refractivity contribution in [2.75, 3.05) is 6.61 Å². The van der Waals surface area contributed by atoms with E-state index >= 15 is 0 Å². The summed E-state index contributed by atoms with van der Waals surface area (Å²) in [6, 6.07) is 3.95. The molecule has 100 valence electrons. The van der Waals surface area contributed by atoms with E-state index in [4.69, 9.17) is 4.74 Å². The van der Waals surface area contributed by atoms with Crippen molar-refractivity contribution in [2.45, 2.75) is 57.2 Å². The Balaban J connectivity index is 1.78. The molecule has 3 atom stereocenters. The molecule has 0 saturated carbocycles. The molecule has 0 spiro atoms. The second kappa shape index (κ2) is 6.86. The van der Waals surface area contributed by atoms with Gasteiger partial charge in [0.2, 0.25) is 0 Å². The van der Waals surface area contributed by atoms with Crippen LogP contribution < -0.4 is 0 Å². The SMILES string of the molecule is CC(c1ccncc1)C(O)CCC1CCCCO1. The van der Waals surface area contributed by atoms with E-state index in [-0.39, 0.29) is 12.0 Å². The maximum atomic E-state index is 10.2. The summed E-state index contributed by atoms with van der Waals surface area (Å²) in [5.74, 6) is 0.164. The van der Waals surface area contributed by atoms with Gasteiger partial charge >= 0.3 is 0 Å². The molecule has 3 unspecified atom stereocenters. The van der Waals surface area contributed by atoms with Crippen LogP contribution in [0.25, 0.3) is 0 Å². The molecule has 0 aromatic carbocycles. The lowest BCUT2D eigenvalue weighted by molar-refractivity contribution is 0.000681. The molecule has 2 heterocycles. The van der Waals surface area contributed by atoms with Gasteiger partial charge in [0.25, 0.3) is 0 Å². The Labute approximate surface area is 109 Å². The molecule has 18 heavy (non-hydrogen) atoms. The Morgan fingerprint density at radius 3 is 2.83 bits per heavy atom. The molecule has 1 aromatic heterocycles. The van der Waals surface area contributed by atoms with E-state index in [0.717, 1.165) is 31.4 Å². The topological polar surface area (TPSA) is 42.4 Å². The van der Waals surface area contributed by atoms with E-state index in [1.165, 1.54) is 12.8 Å². The fourth-order valence-corrected chi connectivity index (χ4v) is 2.53. The number of hydrogen-bond donors (Lipinski definition) is 1. The lowest BCUT2D eigenvalue weighted by Gasteiger charge is -2.25. The number of aliphatic hydroxyl groups excluding tert-OH is 1. The van der Waals surface area contributed by atoms with Crippen LogP contribution in [0.3, 0.4) is 0 Å². The Kier molecular flexibility index (Phi) is 5.14. The van der Waals surface area contributed by atoms with Crippen LogP contribution in [0.4, 0.5) is 0 Å². The molecule has 1 N–H and O–H groups in total. The zero-order chi connectivity index (χ0) is 12.8. The molecule has 0 aliphatic carbocycles. The first kappa shape index (κ1) is 13.5. The standard InChI is InChI=1S/C15H23NO2/c1-12(13-7-9-16-10-8-13)15(17)6-5-14-4-2-3-11-18-14/h7-10,12,14-15,17H,2-6,11H2,1H3. The van der Waals surface area contributed by atoms with Crippen LogP contribution in [0, 0.1) is 0 Å². The number of pyridine rings is 1. The number of hydrogen-bond acceptors (Lipinski definition) is 3. The van der Waals surface area contributed by atoms with Crippen molar-refractivity contribution in [3.05, 3.63) is 30.1 Å². The lowest BCUT2D eigenvalue weighted by atomic mass is 9.91. The van der Waals surface area contributed by atoms with Crippen LogP contribution in [0.15, 0.2) is 24.5 Å². The molecule has 1 fully saturated rings. The highest BCUT2D eigenvalue weighted by Gasteiger charge is 2.20. The summed E-state index contributed by atoms with van der Waals surface area (Å²) in [5.41, 5.74) is 1.15. The van der Waals surface area contributed by atoms with Crippen LogP contribution in [0.2, 0.25) is 0 Å². The second-order valence-electron chi connectivity index (χ2n) is 5.20. The Morgan fingerprint density at radius 1 is 1.39 bits per heavy atom. The van der Waals surface area contributed by atoms with Crippen molar-refractivity contribution >= 4 is 0 Å². The van der Waals surface area contributed by atoms with E-state index in [0.29, 0.717) is 6.10 Å². The highest BCUT2D eigenvalue weighted by atomic mass is 16.5. The number of rotatable bonds is 5. The second-order valence-corrected chi connectivity index (χ2v) is 5.20. The monoisotopic (exact) mass is 249 g/mol. The minimum Gasteiger partial charge on any atom is -0.393 e. The van der Waals surface area contributed by atoms with Gasteiger partial charge in [-0.3, -0.25) is 4.98 Å². The molecule has 0 amide bonds. The van der Waals surface area contributed by atoms with Gasteiger partial charge in [0.15, 0.2) is 0 Å². The Morgan fingerprint density at radius 2 is 2.17 bits per heavy atom. The summed E-state index contributed by atoms with van der Waals surface area (Å²) in [6.45, 7) is 2.96. The third kappa shape index (κ3) is 3.79. The highest BCUT2D eigenvalue weighted by molar-refractivity contribution is 5.16. The average molecular weight is 249 g/mol. The minimum atomic E-state index is -0.294. The third-order valence-electron chi connectivity index (χ3n) is 3.87. The Hall–Kier alpha value is -0.930. The summed E-state index contributed by atoms with van der Waals surface area (Å²) < 4.78 is 5.69. The molecule has 1 aromatic rings. The van der Waals surface area contributed by atoms with Crippen molar-refractivity contribution < 1.29 is 9.84 Å². The maximum Gasteiger partial charge on any atom is 0.0607 e. The summed E-state index contributed by atoms with van der Waals surface area (Å²) in [7, 11) is 0. The summed E-state index contributed by atoms with van der Waals surface area (Å²) >= 11 is 0. The van der Waals surface area contributed by atoms with E-state index in [1.54, 1.807) is 12.4 Å². The normalized spacial score (nSPS) is 23.6. The van der Waals surface area contributed by atoms with E-state index in [9.17, 15) is 5.11 Å². The molecule has 2 rings (SSSR count). The zero-order valence-corrected chi connectivity index (χ0v) is 11.1. The minimum absolute atomic E-state index is 0.164. The van der Waals surface area contributed by atoms with Gasteiger partial charge in [-0.05, 0) is 49.8 Å². The predicted molar refractivity (Wildman–Crippen MR) is 71.5 cm³/mol. The molecular formula is C15H23NO2. The molecule has 3 heteroatoms. The molecule has 0 radical (unpaired) electrons. The number of aliphatic hydroxyl groups is 1. The quantitative estimate of drug-likeness (QED) is 0.872. The van der Waals surface area contributed by atoms with Gasteiger partial charge in [-0.2, -0.15) is 0 Å². The third-order valence-corrected chi connectivity index (χ3v) is 3.87. The van der Waals surface area contributed by atoms with Crippen molar-refractivity contribution in [2.24, 2.45) is 0 Å². The fraction of sp³-hybridized carbons (Fsp3) is 0.667. The van der Waals surface area contributed by atoms with Gasteiger partial charge < -0.3 is 9.84 Å². The van der Waals surface area contributed by atoms with Crippen molar-refractivity contribution in [3.8, 4) is 0 Å². The van der Waals surface area contributed by atoms with E-state index in [2.05, 4.69) is 11.9 Å². The zero-order valence-electron chi connectivity index (χ0n) is 11.1. The number of ether oxygens (including phenoxy) is 1. The Bertz CT molecular complexity index is 336. The van der Waals surface area contributed by atoms with Crippen LogP contribution >= 0.6 is 0 Å². The smallest absolute Gasteiger partial charge is 0.0607 e. The summed E-state index contributed by atoms with van der Waals surface area (Å²) in [5, 5.41) is 10.2. The van der Waals surface area contributed by atoms with Gasteiger partial charge in [0.1, 0.15) is 0 Å². The van der Waals surface area contributed by atoms with Gasteiger partial charge in [0.05, 0.1) is 12.2 Å². The first-order valence-corrected chi connectivity index (χ1v) is 6.97. The van der Waals surface area contributed by atoms with Gasteiger partial charge in [-0.15, -0.1) is 0 Å². The fourth-order valence-electron chi connectivity index (χ4n) is 2.53. The van der Waals surface area contributed by atoms with Crippen LogP contribution in [-0.4, -0.2) is 28.9 Å². The largest absolute Gasteiger partial charge is 0.393 e. The van der Waals surface area contributed by atoms with Crippen LogP contribution in [0.1, 0.15) is 50.5 Å². The lowest BCUT2D eigenvalue weighted by Crippen LogP contribution is -2.23. The van der Waals surface area contributed by atoms with Crippen LogP contribution in [0.5, 0.6) is 0 Å². The van der Waals surface area contributed by atoms with Gasteiger partial charge in [-0.1, -0.05) is 6.92 Å². The van der Waals surface area contributed by atoms with Gasteiger partial charge in [0, 0.05) is 24.9 Å². The summed E-state index contributed by atoms with van der Waals surface area (Å²) in [4.78, 5) is 4.00. The van der Waals surface area contributed by atoms with Gasteiger partial charge in [-0.25, -0.2) is 0 Å². The molecule has 1 saturated heterocycles. The number of nitrogens with zero attached hydrogens (tertiary/aromatic N) is 1. The molecular weight excluding hydrogens is 226 g/mol.